The van der Waals surface area contributed by atoms with E-state index in [0.29, 0.717) is 0 Å². The molecule has 2 rings (SSSR count). The van der Waals surface area contributed by atoms with Crippen LogP contribution in [0.5, 0.6) is 0 Å². The third-order valence-corrected chi connectivity index (χ3v) is 5.22. The molecule has 6 heteroatoms. The first kappa shape index (κ1) is 11.3. The van der Waals surface area contributed by atoms with Crippen molar-refractivity contribution in [3.63, 3.8) is 0 Å². The Kier molecular flexibility index (Phi) is 2.63. The van der Waals surface area contributed by atoms with Crippen molar-refractivity contribution in [3.8, 4) is 0 Å². The highest BCUT2D eigenvalue weighted by Crippen LogP contribution is 2.33. The van der Waals surface area contributed by atoms with Crippen LogP contribution in [-0.4, -0.2) is 21.2 Å². The number of hydrogen-bond donors (Lipinski definition) is 1. The third-order valence-electron chi connectivity index (χ3n) is 2.32. The molecule has 0 saturated carbocycles. The summed E-state index contributed by atoms with van der Waals surface area (Å²) in [7, 11) is -2.15. The number of rotatable bonds is 1. The molecule has 1 aromatic carbocycles. The molecule has 1 aliphatic rings. The zero-order chi connectivity index (χ0) is 11.9. The van der Waals surface area contributed by atoms with Crippen LogP contribution in [0.3, 0.4) is 0 Å². The Labute approximate surface area is 101 Å². The lowest BCUT2D eigenvalue weighted by molar-refractivity contribution is 0.103. The number of carbonyl (C=O) groups is 1. The quantitative estimate of drug-likeness (QED) is 0.852. The Bertz CT molecular complexity index is 604. The van der Waals surface area contributed by atoms with Gasteiger partial charge in [-0.3, -0.25) is 4.79 Å². The number of Topliss-reactive ketones (excluding diaryl/α,β-unsaturated/α-hetero) is 1. The number of halogens is 1. The SMILES string of the molecule is CNC1=C(Br)C(=O)c2ccccc2S1(=O)=O. The Morgan fingerprint density at radius 2 is 1.88 bits per heavy atom. The fraction of sp³-hybridized carbons (Fsp3) is 0.100. The minimum absolute atomic E-state index is 0.0487. The molecule has 0 aliphatic carbocycles. The monoisotopic (exact) mass is 301 g/mol. The molecule has 0 atom stereocenters. The average molecular weight is 302 g/mol. The highest BCUT2D eigenvalue weighted by molar-refractivity contribution is 9.12. The smallest absolute Gasteiger partial charge is 0.223 e. The highest BCUT2D eigenvalue weighted by Gasteiger charge is 2.35. The maximum atomic E-state index is 12.1. The lowest BCUT2D eigenvalue weighted by atomic mass is 10.1. The maximum absolute atomic E-state index is 12.1. The van der Waals surface area contributed by atoms with Gasteiger partial charge in [-0.25, -0.2) is 8.42 Å². The van der Waals surface area contributed by atoms with Crippen LogP contribution in [0, 0.1) is 0 Å². The van der Waals surface area contributed by atoms with E-state index in [4.69, 9.17) is 0 Å². The second-order valence-electron chi connectivity index (χ2n) is 3.22. The summed E-state index contributed by atoms with van der Waals surface area (Å²) in [6, 6.07) is 6.16. The Morgan fingerprint density at radius 1 is 1.25 bits per heavy atom. The highest BCUT2D eigenvalue weighted by atomic mass is 79.9. The molecule has 1 heterocycles. The van der Waals surface area contributed by atoms with Crippen molar-refractivity contribution in [2.24, 2.45) is 0 Å². The molecule has 0 spiro atoms. The van der Waals surface area contributed by atoms with Gasteiger partial charge < -0.3 is 5.32 Å². The predicted octanol–water partition coefficient (Wildman–Crippen LogP) is 1.44. The van der Waals surface area contributed by atoms with Gasteiger partial charge in [0.25, 0.3) is 0 Å². The number of benzene rings is 1. The lowest BCUT2D eigenvalue weighted by Gasteiger charge is -2.18. The van der Waals surface area contributed by atoms with Gasteiger partial charge in [-0.2, -0.15) is 0 Å². The molecule has 0 radical (unpaired) electrons. The maximum Gasteiger partial charge on any atom is 0.223 e. The van der Waals surface area contributed by atoms with E-state index in [9.17, 15) is 13.2 Å². The zero-order valence-corrected chi connectivity index (χ0v) is 10.7. The summed E-state index contributed by atoms with van der Waals surface area (Å²) < 4.78 is 24.2. The second-order valence-corrected chi connectivity index (χ2v) is 5.87. The normalized spacial score (nSPS) is 18.2. The minimum Gasteiger partial charge on any atom is -0.378 e. The minimum atomic E-state index is -3.61. The number of allylic oxidation sites excluding steroid dienone is 1. The van der Waals surface area contributed by atoms with Crippen LogP contribution in [0.15, 0.2) is 38.7 Å². The zero-order valence-electron chi connectivity index (χ0n) is 8.32. The van der Waals surface area contributed by atoms with Crippen LogP contribution in [0.4, 0.5) is 0 Å². The van der Waals surface area contributed by atoms with Crippen LogP contribution in [0.25, 0.3) is 0 Å². The van der Waals surface area contributed by atoms with Crippen LogP contribution < -0.4 is 5.32 Å². The molecule has 1 aliphatic heterocycles. The van der Waals surface area contributed by atoms with Gasteiger partial charge in [-0.05, 0) is 28.1 Å². The van der Waals surface area contributed by atoms with Crippen LogP contribution in [0.1, 0.15) is 10.4 Å². The van der Waals surface area contributed by atoms with Crippen molar-refractivity contribution >= 4 is 31.6 Å². The van der Waals surface area contributed by atoms with Gasteiger partial charge in [-0.15, -0.1) is 0 Å². The number of ketones is 1. The molecular formula is C10H8BrNO3S. The summed E-state index contributed by atoms with van der Waals surface area (Å²) in [5.41, 5.74) is 0.202. The van der Waals surface area contributed by atoms with Crippen molar-refractivity contribution in [1.29, 1.82) is 0 Å². The van der Waals surface area contributed by atoms with Gasteiger partial charge in [0.15, 0.2) is 5.03 Å². The van der Waals surface area contributed by atoms with E-state index in [1.807, 2.05) is 0 Å². The molecule has 0 amide bonds. The van der Waals surface area contributed by atoms with E-state index in [-0.39, 0.29) is 25.8 Å². The third kappa shape index (κ3) is 1.41. The number of hydrogen-bond acceptors (Lipinski definition) is 4. The number of sulfone groups is 1. The summed E-state index contributed by atoms with van der Waals surface area (Å²) in [6.45, 7) is 0. The second kappa shape index (κ2) is 3.71. The van der Waals surface area contributed by atoms with Gasteiger partial charge in [0.2, 0.25) is 15.6 Å². The van der Waals surface area contributed by atoms with E-state index >= 15 is 0 Å². The van der Waals surface area contributed by atoms with Gasteiger partial charge in [-0.1, -0.05) is 12.1 Å². The van der Waals surface area contributed by atoms with E-state index in [1.54, 1.807) is 12.1 Å². The summed E-state index contributed by atoms with van der Waals surface area (Å²) in [5.74, 6) is -0.324. The van der Waals surface area contributed by atoms with Crippen molar-refractivity contribution in [2.45, 2.75) is 4.90 Å². The topological polar surface area (TPSA) is 63.2 Å². The van der Waals surface area contributed by atoms with Gasteiger partial charge in [0, 0.05) is 12.6 Å². The summed E-state index contributed by atoms with van der Waals surface area (Å²) in [4.78, 5) is 11.9. The van der Waals surface area contributed by atoms with Gasteiger partial charge in [0.05, 0.1) is 4.90 Å². The molecule has 0 aromatic heterocycles. The van der Waals surface area contributed by atoms with Crippen molar-refractivity contribution in [3.05, 3.63) is 39.3 Å². The van der Waals surface area contributed by atoms with Gasteiger partial charge >= 0.3 is 0 Å². The average Bonchev–Trinajstić information content (AvgIpc) is 2.27. The van der Waals surface area contributed by atoms with Crippen molar-refractivity contribution < 1.29 is 13.2 Å². The van der Waals surface area contributed by atoms with E-state index < -0.39 is 9.84 Å². The number of carbonyl (C=O) groups excluding carboxylic acids is 1. The van der Waals surface area contributed by atoms with E-state index in [0.717, 1.165) is 0 Å². The summed E-state index contributed by atoms with van der Waals surface area (Å²) in [6.07, 6.45) is 0. The molecule has 0 saturated heterocycles. The number of nitrogens with one attached hydrogen (secondary N) is 1. The summed E-state index contributed by atoms with van der Waals surface area (Å²) >= 11 is 3.01. The fourth-order valence-electron chi connectivity index (χ4n) is 1.58. The first-order valence-corrected chi connectivity index (χ1v) is 6.74. The van der Waals surface area contributed by atoms with Crippen molar-refractivity contribution in [1.82, 2.24) is 5.32 Å². The van der Waals surface area contributed by atoms with E-state index in [1.165, 1.54) is 19.2 Å². The first-order valence-electron chi connectivity index (χ1n) is 4.46. The van der Waals surface area contributed by atoms with Gasteiger partial charge in [0.1, 0.15) is 4.48 Å². The Hall–Kier alpha value is -1.14. The Morgan fingerprint density at radius 3 is 2.50 bits per heavy atom. The van der Waals surface area contributed by atoms with Crippen LogP contribution in [0.2, 0.25) is 0 Å². The lowest BCUT2D eigenvalue weighted by Crippen LogP contribution is -2.26. The number of fused-ring (bicyclic) bond motifs is 1. The molecule has 1 aromatic rings. The first-order chi connectivity index (χ1) is 7.50. The van der Waals surface area contributed by atoms with E-state index in [2.05, 4.69) is 21.2 Å². The summed E-state index contributed by atoms with van der Waals surface area (Å²) in [5, 5.41) is 2.45. The molecule has 16 heavy (non-hydrogen) atoms. The molecular weight excluding hydrogens is 294 g/mol. The molecule has 0 fully saturated rings. The standard InChI is InChI=1S/C10H8BrNO3S/c1-12-10-8(11)9(13)6-4-2-3-5-7(6)16(10,14)15/h2-5,12H,1H3. The molecule has 1 N–H and O–H groups in total. The molecule has 0 bridgehead atoms. The predicted molar refractivity (Wildman–Crippen MR) is 63.0 cm³/mol. The molecule has 4 nitrogen and oxygen atoms in total. The molecule has 0 unspecified atom stereocenters. The van der Waals surface area contributed by atoms with Crippen LogP contribution in [-0.2, 0) is 9.84 Å². The fourth-order valence-corrected chi connectivity index (χ4v) is 4.16. The van der Waals surface area contributed by atoms with Crippen molar-refractivity contribution in [2.75, 3.05) is 7.05 Å². The largest absolute Gasteiger partial charge is 0.378 e. The Balaban J connectivity index is 2.85. The van der Waals surface area contributed by atoms with Crippen LogP contribution >= 0.6 is 15.9 Å². The molecule has 84 valence electrons.